The van der Waals surface area contributed by atoms with E-state index in [4.69, 9.17) is 4.74 Å². The van der Waals surface area contributed by atoms with Crippen molar-refractivity contribution in [1.82, 2.24) is 9.55 Å². The predicted octanol–water partition coefficient (Wildman–Crippen LogP) is 3.41. The monoisotopic (exact) mass is 398 g/mol. The number of fused-ring (bicyclic) bond motifs is 4. The lowest BCUT2D eigenvalue weighted by molar-refractivity contribution is 0.281. The number of piperidine rings is 1. The van der Waals surface area contributed by atoms with Gasteiger partial charge >= 0.3 is 0 Å². The Balaban J connectivity index is 1.54. The molecule has 5 rings (SSSR count). The Labute approximate surface area is 175 Å². The molecule has 0 saturated carbocycles. The molecule has 1 fully saturated rings. The molecule has 2 aliphatic rings. The van der Waals surface area contributed by atoms with Crippen molar-refractivity contribution in [2.24, 2.45) is 5.92 Å². The minimum atomic E-state index is 0.0674. The molecular formula is C24H22N4O2. The summed E-state index contributed by atoms with van der Waals surface area (Å²) < 4.78 is 7.24. The number of hydrogen-bond acceptors (Lipinski definition) is 5. The van der Waals surface area contributed by atoms with Gasteiger partial charge in [-0.05, 0) is 35.6 Å². The Hall–Kier alpha value is -3.59. The lowest BCUT2D eigenvalue weighted by Gasteiger charge is -2.44. The molecule has 0 amide bonds. The highest BCUT2D eigenvalue weighted by Crippen LogP contribution is 2.39. The zero-order chi connectivity index (χ0) is 20.7. The number of aromatic nitrogens is 2. The van der Waals surface area contributed by atoms with Gasteiger partial charge in [-0.2, -0.15) is 5.26 Å². The van der Waals surface area contributed by atoms with Crippen LogP contribution in [0.3, 0.4) is 0 Å². The minimum absolute atomic E-state index is 0.0674. The van der Waals surface area contributed by atoms with Crippen LogP contribution in [0.15, 0.2) is 59.5 Å². The van der Waals surface area contributed by atoms with Gasteiger partial charge in [0.05, 0.1) is 12.8 Å². The van der Waals surface area contributed by atoms with Crippen molar-refractivity contribution in [3.8, 4) is 23.1 Å². The van der Waals surface area contributed by atoms with Gasteiger partial charge in [-0.25, -0.2) is 4.98 Å². The summed E-state index contributed by atoms with van der Waals surface area (Å²) in [6, 6.07) is 18.1. The predicted molar refractivity (Wildman–Crippen MR) is 115 cm³/mol. The fraction of sp³-hybridized carbons (Fsp3) is 0.292. The van der Waals surface area contributed by atoms with Crippen LogP contribution in [-0.2, 0) is 6.54 Å². The molecule has 1 aromatic carbocycles. The van der Waals surface area contributed by atoms with E-state index < -0.39 is 0 Å². The molecule has 2 aromatic heterocycles. The molecule has 0 unspecified atom stereocenters. The molecular weight excluding hydrogens is 376 g/mol. The lowest BCUT2D eigenvalue weighted by Crippen LogP contribution is -2.47. The SMILES string of the molecule is COc1nccc(N2C[C@@H]3C[C@H](C2)c2cc(-c4ccccc4)cc(=O)n2C3)c1C#N. The number of rotatable bonds is 3. The van der Waals surface area contributed by atoms with Gasteiger partial charge in [-0.15, -0.1) is 0 Å². The number of benzene rings is 1. The maximum atomic E-state index is 12.9. The van der Waals surface area contributed by atoms with Gasteiger partial charge < -0.3 is 14.2 Å². The Bertz CT molecular complexity index is 1200. The summed E-state index contributed by atoms with van der Waals surface area (Å²) in [5, 5.41) is 9.68. The van der Waals surface area contributed by atoms with Gasteiger partial charge in [0.25, 0.3) is 5.56 Å². The Morgan fingerprint density at radius 1 is 1.10 bits per heavy atom. The highest BCUT2D eigenvalue weighted by atomic mass is 16.5. The van der Waals surface area contributed by atoms with Crippen LogP contribution < -0.4 is 15.2 Å². The Morgan fingerprint density at radius 3 is 2.70 bits per heavy atom. The fourth-order valence-electron chi connectivity index (χ4n) is 4.91. The maximum Gasteiger partial charge on any atom is 0.251 e. The van der Waals surface area contributed by atoms with Crippen molar-refractivity contribution in [1.29, 1.82) is 5.26 Å². The molecule has 30 heavy (non-hydrogen) atoms. The van der Waals surface area contributed by atoms with Crippen LogP contribution in [0.25, 0.3) is 11.1 Å². The number of nitrogens with zero attached hydrogens (tertiary/aromatic N) is 4. The fourth-order valence-corrected chi connectivity index (χ4v) is 4.91. The molecule has 6 nitrogen and oxygen atoms in total. The molecule has 0 aliphatic carbocycles. The average Bonchev–Trinajstić information content (AvgIpc) is 2.79. The summed E-state index contributed by atoms with van der Waals surface area (Å²) in [6.45, 7) is 2.28. The van der Waals surface area contributed by atoms with Crippen LogP contribution in [0.1, 0.15) is 23.6 Å². The largest absolute Gasteiger partial charge is 0.480 e. The first-order valence-electron chi connectivity index (χ1n) is 10.2. The Morgan fingerprint density at radius 2 is 1.93 bits per heavy atom. The van der Waals surface area contributed by atoms with Crippen molar-refractivity contribution < 1.29 is 4.74 Å². The molecule has 150 valence electrons. The van der Waals surface area contributed by atoms with E-state index in [2.05, 4.69) is 22.0 Å². The molecule has 2 atom stereocenters. The van der Waals surface area contributed by atoms with E-state index in [1.165, 1.54) is 7.11 Å². The summed E-state index contributed by atoms with van der Waals surface area (Å²) in [7, 11) is 1.53. The van der Waals surface area contributed by atoms with Crippen molar-refractivity contribution in [3.05, 3.63) is 76.3 Å². The van der Waals surface area contributed by atoms with Crippen molar-refractivity contribution >= 4 is 5.69 Å². The van der Waals surface area contributed by atoms with Gasteiger partial charge in [0.15, 0.2) is 0 Å². The first-order valence-corrected chi connectivity index (χ1v) is 10.2. The third kappa shape index (κ3) is 3.03. The second-order valence-corrected chi connectivity index (χ2v) is 8.01. The van der Waals surface area contributed by atoms with E-state index >= 15 is 0 Å². The summed E-state index contributed by atoms with van der Waals surface area (Å²) >= 11 is 0. The Kier molecular flexibility index (Phi) is 4.51. The van der Waals surface area contributed by atoms with Gasteiger partial charge in [-0.3, -0.25) is 4.79 Å². The molecule has 2 aliphatic heterocycles. The highest BCUT2D eigenvalue weighted by molar-refractivity contribution is 5.65. The van der Waals surface area contributed by atoms with Crippen LogP contribution in [0.2, 0.25) is 0 Å². The molecule has 2 bridgehead atoms. The number of anilines is 1. The molecule has 4 heterocycles. The van der Waals surface area contributed by atoms with Crippen molar-refractivity contribution in [2.45, 2.75) is 18.9 Å². The third-order valence-electron chi connectivity index (χ3n) is 6.20. The molecule has 6 heteroatoms. The lowest BCUT2D eigenvalue weighted by atomic mass is 9.82. The van der Waals surface area contributed by atoms with E-state index in [0.29, 0.717) is 23.9 Å². The molecule has 0 N–H and O–H groups in total. The average molecular weight is 398 g/mol. The molecule has 0 spiro atoms. The topological polar surface area (TPSA) is 71.2 Å². The number of methoxy groups -OCH3 is 1. The standard InChI is InChI=1S/C24H22N4O2/c1-30-24-20(12-25)21(7-8-26-24)27-13-16-9-19(15-27)22-10-18(11-23(29)28(22)14-16)17-5-3-2-4-6-17/h2-8,10-11,16,19H,9,13-15H2,1H3/t16-,19+/m0/s1. The zero-order valence-corrected chi connectivity index (χ0v) is 16.8. The summed E-state index contributed by atoms with van der Waals surface area (Å²) in [5.74, 6) is 0.954. The number of ether oxygens (including phenoxy) is 1. The normalized spacial score (nSPS) is 19.7. The first kappa shape index (κ1) is 18.4. The second-order valence-electron chi connectivity index (χ2n) is 8.01. The van der Waals surface area contributed by atoms with E-state index in [9.17, 15) is 10.1 Å². The number of pyridine rings is 2. The summed E-state index contributed by atoms with van der Waals surface area (Å²) in [5.41, 5.74) is 4.49. The quantitative estimate of drug-likeness (QED) is 0.676. The number of nitriles is 1. The first-order chi connectivity index (χ1) is 14.7. The van der Waals surface area contributed by atoms with Crippen LogP contribution in [0.5, 0.6) is 5.88 Å². The van der Waals surface area contributed by atoms with Crippen LogP contribution in [0, 0.1) is 17.2 Å². The molecule has 3 aromatic rings. The van der Waals surface area contributed by atoms with Gasteiger partial charge in [0.2, 0.25) is 5.88 Å². The van der Waals surface area contributed by atoms with Crippen LogP contribution >= 0.6 is 0 Å². The highest BCUT2D eigenvalue weighted by Gasteiger charge is 2.36. The zero-order valence-electron chi connectivity index (χ0n) is 16.8. The van der Waals surface area contributed by atoms with E-state index in [1.54, 1.807) is 12.3 Å². The minimum Gasteiger partial charge on any atom is -0.480 e. The summed E-state index contributed by atoms with van der Waals surface area (Å²) in [6.07, 6.45) is 2.74. The summed E-state index contributed by atoms with van der Waals surface area (Å²) in [4.78, 5) is 19.3. The van der Waals surface area contributed by atoms with Crippen molar-refractivity contribution in [2.75, 3.05) is 25.1 Å². The van der Waals surface area contributed by atoms with Gasteiger partial charge in [0.1, 0.15) is 11.6 Å². The number of hydrogen-bond donors (Lipinski definition) is 0. The second kappa shape index (κ2) is 7.34. The van der Waals surface area contributed by atoms with Crippen molar-refractivity contribution in [3.63, 3.8) is 0 Å². The van der Waals surface area contributed by atoms with Gasteiger partial charge in [0, 0.05) is 43.5 Å². The smallest absolute Gasteiger partial charge is 0.251 e. The van der Waals surface area contributed by atoms with E-state index in [1.807, 2.05) is 41.0 Å². The van der Waals surface area contributed by atoms with Gasteiger partial charge in [-0.1, -0.05) is 30.3 Å². The third-order valence-corrected chi connectivity index (χ3v) is 6.20. The van der Waals surface area contributed by atoms with Crippen LogP contribution in [0.4, 0.5) is 5.69 Å². The van der Waals surface area contributed by atoms with E-state index in [0.717, 1.165) is 42.0 Å². The van der Waals surface area contributed by atoms with Crippen LogP contribution in [-0.4, -0.2) is 29.8 Å². The molecule has 1 saturated heterocycles. The molecule has 0 radical (unpaired) electrons. The van der Waals surface area contributed by atoms with E-state index in [-0.39, 0.29) is 11.5 Å². The maximum absolute atomic E-state index is 12.9.